The summed E-state index contributed by atoms with van der Waals surface area (Å²) < 4.78 is 35.0. The molecule has 0 unspecified atom stereocenters. The number of alkyl carbamates (subject to hydrolysis) is 3. The molecule has 2 aliphatic heterocycles. The molecule has 7 rings (SSSR count). The number of carbonyl (C=O) groups is 9. The normalized spacial score (nSPS) is 15.9. The van der Waals surface area contributed by atoms with Crippen LogP contribution in [0.1, 0.15) is 156 Å². The molecule has 2 aliphatic rings. The molecule has 5 aromatic carbocycles. The van der Waals surface area contributed by atoms with E-state index >= 15 is 9.59 Å². The molecule has 24 nitrogen and oxygen atoms in total. The van der Waals surface area contributed by atoms with Gasteiger partial charge in [-0.15, -0.1) is 0 Å². The lowest BCUT2D eigenvalue weighted by Gasteiger charge is -2.33. The van der Waals surface area contributed by atoms with E-state index in [0.717, 1.165) is 35.3 Å². The molecule has 8 N–H and O–H groups in total. The van der Waals surface area contributed by atoms with Crippen molar-refractivity contribution in [3.63, 3.8) is 0 Å². The summed E-state index contributed by atoms with van der Waals surface area (Å²) in [6.45, 7) is 19.0. The molecule has 24 heteroatoms. The highest BCUT2D eigenvalue weighted by Crippen LogP contribution is 2.41. The van der Waals surface area contributed by atoms with E-state index < -0.39 is 94.7 Å². The molecule has 9 amide bonds. The zero-order valence-corrected chi connectivity index (χ0v) is 57.1. The van der Waals surface area contributed by atoms with Gasteiger partial charge in [0.15, 0.2) is 0 Å². The first-order valence-corrected chi connectivity index (χ1v) is 32.5. The lowest BCUT2D eigenvalue weighted by molar-refractivity contribution is -0.141. The Hall–Kier alpha value is -9.71. The third-order valence-electron chi connectivity index (χ3n) is 15.2. The fourth-order valence-electron chi connectivity index (χ4n) is 10.7. The van der Waals surface area contributed by atoms with Crippen LogP contribution in [0.25, 0.3) is 22.3 Å². The minimum Gasteiger partial charge on any atom is -0.492 e. The molecule has 0 saturated heterocycles. The van der Waals surface area contributed by atoms with Crippen molar-refractivity contribution in [3.05, 3.63) is 137 Å². The van der Waals surface area contributed by atoms with E-state index in [4.69, 9.17) is 34.2 Å². The van der Waals surface area contributed by atoms with Gasteiger partial charge in [0.25, 0.3) is 17.7 Å². The van der Waals surface area contributed by atoms with Gasteiger partial charge in [-0.3, -0.25) is 33.7 Å². The molecule has 0 spiro atoms. The summed E-state index contributed by atoms with van der Waals surface area (Å²) in [5, 5.41) is 16.8. The number of hydrogen-bond acceptors (Lipinski definition) is 16. The van der Waals surface area contributed by atoms with E-state index in [9.17, 15) is 33.6 Å². The second-order valence-corrected chi connectivity index (χ2v) is 26.7. The van der Waals surface area contributed by atoms with Gasteiger partial charge in [0.2, 0.25) is 17.7 Å². The van der Waals surface area contributed by atoms with Gasteiger partial charge >= 0.3 is 18.3 Å². The lowest BCUT2D eigenvalue weighted by atomic mass is 9.93. The van der Waals surface area contributed by atoms with Crippen LogP contribution in [0.2, 0.25) is 0 Å². The van der Waals surface area contributed by atoms with Crippen molar-refractivity contribution in [3.8, 4) is 39.5 Å². The topological polar surface area (TPSA) is 314 Å². The van der Waals surface area contributed by atoms with Crippen LogP contribution in [-0.2, 0) is 41.4 Å². The van der Waals surface area contributed by atoms with E-state index in [0.29, 0.717) is 22.4 Å². The number of rotatable bonds is 25. The third kappa shape index (κ3) is 21.4. The summed E-state index contributed by atoms with van der Waals surface area (Å²) in [6, 6.07) is 24.5. The van der Waals surface area contributed by atoms with Gasteiger partial charge in [-0.1, -0.05) is 61.9 Å². The van der Waals surface area contributed by atoms with Crippen molar-refractivity contribution in [1.29, 1.82) is 0 Å². The maximum absolute atomic E-state index is 15.5. The Kier molecular flexibility index (Phi) is 25.4. The SMILES string of the molecule is CCCCc1ccc(-c2ccc(C(=O)N[C@@H](CCCNC(=O)OC(C)(C)C)C(=O)N(C)[C@@H]3C(=O)N[C@@H](C)C(=O)N[C@H](CN4C(=O)c5ccc(OCCN)cc5C4=O)Cc4ccc(OCCNC(=O)OC(C)(C)C)c(c4)-c4cc3ccc4OCCNC(=O)OC(C)(C)C)cc2)cc1. The average molecular weight is 1320 g/mol. The average Bonchev–Trinajstić information content (AvgIpc) is 1.33. The molecule has 0 radical (unpaired) electrons. The Bertz CT molecular complexity index is 3590. The fourth-order valence-corrected chi connectivity index (χ4v) is 10.7. The third-order valence-corrected chi connectivity index (χ3v) is 15.2. The number of benzene rings is 5. The first kappa shape index (κ1) is 73.7. The number of nitrogens with one attached hydrogen (secondary N) is 6. The monoisotopic (exact) mass is 1320 g/mol. The summed E-state index contributed by atoms with van der Waals surface area (Å²) in [5.41, 5.74) is 8.25. The summed E-state index contributed by atoms with van der Waals surface area (Å²) >= 11 is 0. The van der Waals surface area contributed by atoms with Crippen LogP contribution in [0.3, 0.4) is 0 Å². The highest BCUT2D eigenvalue weighted by molar-refractivity contribution is 6.21. The van der Waals surface area contributed by atoms with Gasteiger partial charge in [-0.05, 0) is 184 Å². The van der Waals surface area contributed by atoms with Crippen molar-refractivity contribution in [2.75, 3.05) is 59.6 Å². The minimum absolute atomic E-state index is 0.00519. The van der Waals surface area contributed by atoms with E-state index in [1.54, 1.807) is 117 Å². The molecule has 0 fully saturated rings. The van der Waals surface area contributed by atoms with E-state index in [-0.39, 0.29) is 106 Å². The van der Waals surface area contributed by atoms with Crippen LogP contribution in [0.15, 0.2) is 103 Å². The first-order chi connectivity index (χ1) is 45.4. The van der Waals surface area contributed by atoms with Gasteiger partial charge in [0.05, 0.1) is 30.3 Å². The van der Waals surface area contributed by atoms with Crippen LogP contribution in [0.4, 0.5) is 14.4 Å². The highest BCUT2D eigenvalue weighted by atomic mass is 16.6. The van der Waals surface area contributed by atoms with Crippen molar-refractivity contribution in [2.24, 2.45) is 5.73 Å². The fraction of sp³-hybridized carbons (Fsp3) is 0.458. The predicted octanol–water partition coefficient (Wildman–Crippen LogP) is 8.95. The van der Waals surface area contributed by atoms with Crippen molar-refractivity contribution >= 4 is 53.7 Å². The molecule has 2 heterocycles. The second kappa shape index (κ2) is 33.1. The van der Waals surface area contributed by atoms with Gasteiger partial charge in [0, 0.05) is 43.4 Å². The van der Waals surface area contributed by atoms with Gasteiger partial charge in [-0.2, -0.15) is 0 Å². The number of carbonyl (C=O) groups excluding carboxylic acids is 9. The molecular weight excluding hydrogens is 1230 g/mol. The van der Waals surface area contributed by atoms with Gasteiger partial charge in [-0.25, -0.2) is 14.4 Å². The largest absolute Gasteiger partial charge is 0.492 e. The Morgan fingerprint density at radius 2 is 1.17 bits per heavy atom. The zero-order valence-electron chi connectivity index (χ0n) is 57.1. The summed E-state index contributed by atoms with van der Waals surface area (Å²) in [4.78, 5) is 129. The number of aryl methyl sites for hydroxylation is 1. The Morgan fingerprint density at radius 1 is 0.615 bits per heavy atom. The number of nitrogens with zero attached hydrogens (tertiary/aromatic N) is 2. The summed E-state index contributed by atoms with van der Waals surface area (Å²) in [6.07, 6.45) is 1.20. The Morgan fingerprint density at radius 3 is 1.74 bits per heavy atom. The van der Waals surface area contributed by atoms with Crippen molar-refractivity contribution < 1.29 is 71.6 Å². The number of likely N-dealkylation sites (N-methyl/N-ethyl adjacent to an activating group) is 1. The number of imide groups is 1. The van der Waals surface area contributed by atoms with Crippen LogP contribution >= 0.6 is 0 Å². The van der Waals surface area contributed by atoms with Gasteiger partial charge in [0.1, 0.15) is 72.0 Å². The zero-order chi connectivity index (χ0) is 70.1. The van der Waals surface area contributed by atoms with Crippen molar-refractivity contribution in [1.82, 2.24) is 41.7 Å². The Balaban J connectivity index is 1.30. The molecule has 0 aliphatic carbocycles. The highest BCUT2D eigenvalue weighted by Gasteiger charge is 2.40. The minimum atomic E-state index is -1.57. The smallest absolute Gasteiger partial charge is 0.407 e. The number of amides is 9. The van der Waals surface area contributed by atoms with E-state index in [1.165, 1.54) is 36.6 Å². The van der Waals surface area contributed by atoms with Crippen molar-refractivity contribution in [2.45, 2.75) is 156 Å². The molecule has 516 valence electrons. The van der Waals surface area contributed by atoms with E-state index in [1.807, 2.05) is 24.3 Å². The molecule has 4 bridgehead atoms. The lowest BCUT2D eigenvalue weighted by Crippen LogP contribution is -2.55. The second-order valence-electron chi connectivity index (χ2n) is 26.7. The molecule has 96 heavy (non-hydrogen) atoms. The molecule has 0 saturated carbocycles. The number of unbranched alkanes of at least 4 members (excludes halogenated alkanes) is 1. The Labute approximate surface area is 561 Å². The molecule has 5 aromatic rings. The number of nitrogens with two attached hydrogens (primary N) is 1. The molecule has 0 aromatic heterocycles. The van der Waals surface area contributed by atoms with Crippen LogP contribution in [0.5, 0.6) is 17.2 Å². The number of ether oxygens (including phenoxy) is 6. The predicted molar refractivity (Wildman–Crippen MR) is 362 cm³/mol. The van der Waals surface area contributed by atoms with Crippen LogP contribution in [-0.4, -0.2) is 158 Å². The maximum atomic E-state index is 15.5. The van der Waals surface area contributed by atoms with E-state index in [2.05, 4.69) is 51.0 Å². The number of fused-ring (bicyclic) bond motifs is 6. The summed E-state index contributed by atoms with van der Waals surface area (Å²) in [7, 11) is 1.39. The van der Waals surface area contributed by atoms with Crippen LogP contribution in [0, 0.1) is 0 Å². The quantitative estimate of drug-likeness (QED) is 0.0163. The first-order valence-electron chi connectivity index (χ1n) is 32.5. The number of hydrogen-bond donors (Lipinski definition) is 7. The summed E-state index contributed by atoms with van der Waals surface area (Å²) in [5.74, 6) is -3.30. The van der Waals surface area contributed by atoms with Crippen LogP contribution < -0.4 is 51.8 Å². The molecule has 4 atom stereocenters. The standard InChI is InChI=1S/C72H93N9O15/c1-13-14-16-45-18-21-47(22-19-45)48-23-25-49(26-24-48)62(83)79-57(17-15-33-74-67(88)94-70(3,4)5)66(87)80(12)60-50-27-31-59(93-38-35-76-69(90)96-72(9,10)11)55(41-50)54-40-46(20-30-58(54)92-37-34-75-68(89)95-71(6,7)8)39-51(78-61(82)44(2)77-63(60)84)43-81-64(85)53-29-28-52(91-36-32-73)42-56(53)65(81)86/h18-31,40-42,44,51,57,60H,13-17,32-39,43,73H2,1-12H3,(H,74,88)(H,75,89)(H,76,90)(H,77,84)(H,78,82)(H,79,83)/t44-,51-,57-,60-/m0/s1. The molecular formula is C72H93N9O15. The van der Waals surface area contributed by atoms with Gasteiger partial charge < -0.3 is 71.0 Å². The maximum Gasteiger partial charge on any atom is 0.407 e.